The maximum Gasteiger partial charge on any atom is 0.230 e. The number of anilines is 1. The van der Waals surface area contributed by atoms with Crippen molar-refractivity contribution in [1.29, 1.82) is 0 Å². The van der Waals surface area contributed by atoms with Gasteiger partial charge >= 0.3 is 0 Å². The number of piperidine rings is 1. The molecule has 3 fully saturated rings. The van der Waals surface area contributed by atoms with Crippen molar-refractivity contribution in [2.24, 2.45) is 5.41 Å². The molecule has 1 amide bonds. The van der Waals surface area contributed by atoms with Crippen LogP contribution in [-0.4, -0.2) is 52.7 Å². The molecule has 1 spiro atoms. The molecule has 0 radical (unpaired) electrons. The standard InChI is InChI=1S/C19H25BrFN3O2/c20-13-10-16(21)17(22-11-13)23-8-1-6-19(12-23)7-9-24(18(19)26)14-2-4-15(25)5-3-14/h10-11,14-15,25H,1-9,12H2/t14?,15?,19-/m0/s1. The monoisotopic (exact) mass is 425 g/mol. The maximum absolute atomic E-state index is 14.4. The number of aliphatic hydroxyl groups excluding tert-OH is 1. The lowest BCUT2D eigenvalue weighted by molar-refractivity contribution is -0.139. The molecule has 26 heavy (non-hydrogen) atoms. The van der Waals surface area contributed by atoms with E-state index in [0.29, 0.717) is 16.8 Å². The highest BCUT2D eigenvalue weighted by molar-refractivity contribution is 9.10. The predicted molar refractivity (Wildman–Crippen MR) is 100 cm³/mol. The Morgan fingerprint density at radius 1 is 1.23 bits per heavy atom. The third-order valence-corrected chi connectivity index (χ3v) is 6.75. The molecular formula is C19H25BrFN3O2. The van der Waals surface area contributed by atoms with Gasteiger partial charge in [-0.15, -0.1) is 0 Å². The van der Waals surface area contributed by atoms with Crippen LogP contribution >= 0.6 is 15.9 Å². The van der Waals surface area contributed by atoms with Crippen LogP contribution in [-0.2, 0) is 4.79 Å². The van der Waals surface area contributed by atoms with Gasteiger partial charge in [-0.2, -0.15) is 0 Å². The number of pyridine rings is 1. The summed E-state index contributed by atoms with van der Waals surface area (Å²) in [5, 5.41) is 9.73. The number of aromatic nitrogens is 1. The Kier molecular flexibility index (Phi) is 4.94. The predicted octanol–water partition coefficient (Wildman–Crippen LogP) is 3.11. The van der Waals surface area contributed by atoms with Crippen LogP contribution in [0.25, 0.3) is 0 Å². The van der Waals surface area contributed by atoms with Gasteiger partial charge in [0.15, 0.2) is 11.6 Å². The SMILES string of the molecule is O=C1N(C2CCC(O)CC2)CC[C@]12CCCN(c1ncc(Br)cc1F)C2. The highest BCUT2D eigenvalue weighted by Crippen LogP contribution is 2.43. The zero-order valence-corrected chi connectivity index (χ0v) is 16.4. The Morgan fingerprint density at radius 3 is 2.73 bits per heavy atom. The molecular weight excluding hydrogens is 401 g/mol. The summed E-state index contributed by atoms with van der Waals surface area (Å²) in [7, 11) is 0. The van der Waals surface area contributed by atoms with Crippen LogP contribution in [0, 0.1) is 11.2 Å². The minimum Gasteiger partial charge on any atom is -0.393 e. The number of nitrogens with zero attached hydrogens (tertiary/aromatic N) is 3. The number of rotatable bonds is 2. The molecule has 1 aliphatic carbocycles. The molecule has 142 valence electrons. The van der Waals surface area contributed by atoms with Gasteiger partial charge in [-0.25, -0.2) is 9.37 Å². The fraction of sp³-hybridized carbons (Fsp3) is 0.684. The molecule has 1 aromatic rings. The van der Waals surface area contributed by atoms with Gasteiger partial charge in [0.2, 0.25) is 5.91 Å². The van der Waals surface area contributed by atoms with Crippen LogP contribution in [0.2, 0.25) is 0 Å². The van der Waals surface area contributed by atoms with E-state index in [-0.39, 0.29) is 23.9 Å². The van der Waals surface area contributed by atoms with Crippen LogP contribution in [0.1, 0.15) is 44.9 Å². The molecule has 2 aliphatic heterocycles. The number of carbonyl (C=O) groups excluding carboxylic acids is 1. The van der Waals surface area contributed by atoms with Crippen molar-refractivity contribution in [3.63, 3.8) is 0 Å². The third-order valence-electron chi connectivity index (χ3n) is 6.32. The van der Waals surface area contributed by atoms with Gasteiger partial charge in [0, 0.05) is 36.3 Å². The van der Waals surface area contributed by atoms with Gasteiger partial charge in [-0.05, 0) is 66.9 Å². The number of aliphatic hydroxyl groups is 1. The smallest absolute Gasteiger partial charge is 0.230 e. The van der Waals surface area contributed by atoms with Crippen LogP contribution in [0.3, 0.4) is 0 Å². The lowest BCUT2D eigenvalue weighted by atomic mass is 9.78. The topological polar surface area (TPSA) is 56.7 Å². The van der Waals surface area contributed by atoms with E-state index < -0.39 is 5.41 Å². The number of amides is 1. The highest BCUT2D eigenvalue weighted by atomic mass is 79.9. The Morgan fingerprint density at radius 2 is 2.00 bits per heavy atom. The summed E-state index contributed by atoms with van der Waals surface area (Å²) in [6.45, 7) is 2.06. The Bertz CT molecular complexity index is 695. The van der Waals surface area contributed by atoms with E-state index in [1.54, 1.807) is 6.20 Å². The van der Waals surface area contributed by atoms with E-state index in [2.05, 4.69) is 20.9 Å². The van der Waals surface area contributed by atoms with Crippen molar-refractivity contribution in [2.75, 3.05) is 24.5 Å². The third kappa shape index (κ3) is 3.24. The van der Waals surface area contributed by atoms with Crippen molar-refractivity contribution in [3.8, 4) is 0 Å². The van der Waals surface area contributed by atoms with Crippen LogP contribution in [0.15, 0.2) is 16.7 Å². The Hall–Kier alpha value is -1.21. The second kappa shape index (κ2) is 7.08. The van der Waals surface area contributed by atoms with Crippen molar-refractivity contribution in [3.05, 3.63) is 22.6 Å². The van der Waals surface area contributed by atoms with Gasteiger partial charge in [-0.3, -0.25) is 4.79 Å². The Balaban J connectivity index is 1.50. The summed E-state index contributed by atoms with van der Waals surface area (Å²) in [5.74, 6) is 0.223. The lowest BCUT2D eigenvalue weighted by Crippen LogP contribution is -2.50. The van der Waals surface area contributed by atoms with Crippen molar-refractivity contribution in [1.82, 2.24) is 9.88 Å². The second-order valence-corrected chi connectivity index (χ2v) is 8.89. The summed E-state index contributed by atoms with van der Waals surface area (Å²) < 4.78 is 15.0. The van der Waals surface area contributed by atoms with E-state index in [1.807, 2.05) is 9.80 Å². The van der Waals surface area contributed by atoms with E-state index in [1.165, 1.54) is 6.07 Å². The second-order valence-electron chi connectivity index (χ2n) is 7.98. The first kappa shape index (κ1) is 18.2. The fourth-order valence-electron chi connectivity index (χ4n) is 4.90. The number of hydrogen-bond donors (Lipinski definition) is 1. The first-order chi connectivity index (χ1) is 12.5. The molecule has 4 rings (SSSR count). The van der Waals surface area contributed by atoms with Crippen molar-refractivity contribution in [2.45, 2.75) is 57.1 Å². The van der Waals surface area contributed by atoms with Crippen LogP contribution in [0.4, 0.5) is 10.2 Å². The normalized spacial score (nSPS) is 32.5. The molecule has 0 bridgehead atoms. The van der Waals surface area contributed by atoms with E-state index in [9.17, 15) is 14.3 Å². The molecule has 3 heterocycles. The molecule has 1 atom stereocenters. The molecule has 1 aromatic heterocycles. The summed E-state index contributed by atoms with van der Waals surface area (Å²) >= 11 is 3.25. The van der Waals surface area contributed by atoms with Gasteiger partial charge in [0.05, 0.1) is 11.5 Å². The van der Waals surface area contributed by atoms with E-state index in [4.69, 9.17) is 0 Å². The van der Waals surface area contributed by atoms with Gasteiger partial charge in [0.1, 0.15) is 0 Å². The molecule has 2 saturated heterocycles. The first-order valence-electron chi connectivity index (χ1n) is 9.54. The number of halogens is 2. The summed E-state index contributed by atoms with van der Waals surface area (Å²) in [4.78, 5) is 21.5. The molecule has 1 N–H and O–H groups in total. The number of carbonyl (C=O) groups is 1. The summed E-state index contributed by atoms with van der Waals surface area (Å²) in [6.07, 6.45) is 7.30. The van der Waals surface area contributed by atoms with Gasteiger partial charge < -0.3 is 14.9 Å². The average molecular weight is 426 g/mol. The van der Waals surface area contributed by atoms with E-state index in [0.717, 1.165) is 58.0 Å². The molecule has 0 unspecified atom stereocenters. The van der Waals surface area contributed by atoms with Crippen molar-refractivity contribution >= 4 is 27.7 Å². The summed E-state index contributed by atoms with van der Waals surface area (Å²) in [5.41, 5.74) is -0.407. The molecule has 7 heteroatoms. The van der Waals surface area contributed by atoms with Crippen LogP contribution < -0.4 is 4.90 Å². The molecule has 1 saturated carbocycles. The zero-order valence-electron chi connectivity index (χ0n) is 14.8. The highest BCUT2D eigenvalue weighted by Gasteiger charge is 2.51. The molecule has 0 aromatic carbocycles. The molecule has 5 nitrogen and oxygen atoms in total. The van der Waals surface area contributed by atoms with Gasteiger partial charge in [0.25, 0.3) is 0 Å². The molecule has 3 aliphatic rings. The first-order valence-corrected chi connectivity index (χ1v) is 10.3. The zero-order chi connectivity index (χ0) is 18.3. The maximum atomic E-state index is 14.4. The number of hydrogen-bond acceptors (Lipinski definition) is 4. The van der Waals surface area contributed by atoms with Crippen molar-refractivity contribution < 1.29 is 14.3 Å². The number of likely N-dealkylation sites (tertiary alicyclic amines) is 1. The van der Waals surface area contributed by atoms with E-state index >= 15 is 0 Å². The quantitative estimate of drug-likeness (QED) is 0.790. The minimum absolute atomic E-state index is 0.213. The van der Waals surface area contributed by atoms with Crippen LogP contribution in [0.5, 0.6) is 0 Å². The fourth-order valence-corrected chi connectivity index (χ4v) is 5.20. The van der Waals surface area contributed by atoms with Gasteiger partial charge in [-0.1, -0.05) is 0 Å². The summed E-state index contributed by atoms with van der Waals surface area (Å²) in [6, 6.07) is 1.68. The average Bonchev–Trinajstić information content (AvgIpc) is 2.92. The minimum atomic E-state index is -0.407. The Labute approximate surface area is 161 Å². The lowest BCUT2D eigenvalue weighted by Gasteiger charge is -2.41. The largest absolute Gasteiger partial charge is 0.393 e.